The maximum Gasteiger partial charge on any atom is 0.418 e. The Morgan fingerprint density at radius 2 is 2.14 bits per heavy atom. The monoisotopic (exact) mass is 299 g/mol. The summed E-state index contributed by atoms with van der Waals surface area (Å²) >= 11 is 0. The lowest BCUT2D eigenvalue weighted by Gasteiger charge is -2.16. The van der Waals surface area contributed by atoms with Crippen molar-refractivity contribution in [3.8, 4) is 6.07 Å². The number of hydrogen-bond acceptors (Lipinski definition) is 3. The topological polar surface area (TPSA) is 78.9 Å². The number of carbonyl (C=O) groups is 1. The Balaban J connectivity index is 2.98. The van der Waals surface area contributed by atoms with Crippen LogP contribution in [0.1, 0.15) is 30.9 Å². The molecule has 0 radical (unpaired) electrons. The smallest absolute Gasteiger partial charge is 0.330 e. The SMILES string of the molecule is CC(CCCN)C(=O)Nc1ccc(C#N)cc1C(F)(F)F. The predicted molar refractivity (Wildman–Crippen MR) is 72.2 cm³/mol. The molecule has 4 nitrogen and oxygen atoms in total. The molecular weight excluding hydrogens is 283 g/mol. The average molecular weight is 299 g/mol. The van der Waals surface area contributed by atoms with E-state index in [0.717, 1.165) is 12.1 Å². The number of benzene rings is 1. The van der Waals surface area contributed by atoms with Crippen molar-refractivity contribution in [1.82, 2.24) is 0 Å². The van der Waals surface area contributed by atoms with E-state index in [2.05, 4.69) is 5.32 Å². The van der Waals surface area contributed by atoms with Gasteiger partial charge in [0, 0.05) is 5.92 Å². The van der Waals surface area contributed by atoms with E-state index in [1.807, 2.05) is 0 Å². The van der Waals surface area contributed by atoms with Gasteiger partial charge in [-0.15, -0.1) is 0 Å². The van der Waals surface area contributed by atoms with E-state index in [-0.39, 0.29) is 11.3 Å². The molecule has 0 heterocycles. The Bertz CT molecular complexity index is 549. The average Bonchev–Trinajstić information content (AvgIpc) is 2.43. The van der Waals surface area contributed by atoms with Gasteiger partial charge in [0.15, 0.2) is 0 Å². The van der Waals surface area contributed by atoms with Gasteiger partial charge < -0.3 is 11.1 Å². The first-order valence-electron chi connectivity index (χ1n) is 6.42. The van der Waals surface area contributed by atoms with Crippen molar-refractivity contribution in [2.24, 2.45) is 11.7 Å². The molecule has 0 bridgehead atoms. The molecule has 1 aromatic carbocycles. The number of nitrogens with one attached hydrogen (secondary N) is 1. The van der Waals surface area contributed by atoms with Crippen molar-refractivity contribution in [1.29, 1.82) is 5.26 Å². The van der Waals surface area contributed by atoms with E-state index in [0.29, 0.717) is 19.4 Å². The van der Waals surface area contributed by atoms with E-state index in [4.69, 9.17) is 11.0 Å². The predicted octanol–water partition coefficient (Wildman–Crippen LogP) is 2.89. The van der Waals surface area contributed by atoms with Gasteiger partial charge >= 0.3 is 6.18 Å². The van der Waals surface area contributed by atoms with E-state index in [1.54, 1.807) is 13.0 Å². The Morgan fingerprint density at radius 3 is 2.67 bits per heavy atom. The zero-order valence-corrected chi connectivity index (χ0v) is 11.5. The molecule has 3 N–H and O–H groups in total. The summed E-state index contributed by atoms with van der Waals surface area (Å²) in [5, 5.41) is 10.9. The van der Waals surface area contributed by atoms with Crippen LogP contribution < -0.4 is 11.1 Å². The third-order valence-corrected chi connectivity index (χ3v) is 3.00. The fraction of sp³-hybridized carbons (Fsp3) is 0.429. The number of alkyl halides is 3. The molecule has 0 fully saturated rings. The number of hydrogen-bond donors (Lipinski definition) is 2. The van der Waals surface area contributed by atoms with Gasteiger partial charge in [-0.05, 0) is 37.6 Å². The third kappa shape index (κ3) is 4.76. The van der Waals surface area contributed by atoms with Crippen molar-refractivity contribution in [3.63, 3.8) is 0 Å². The molecule has 0 aromatic heterocycles. The minimum Gasteiger partial charge on any atom is -0.330 e. The van der Waals surface area contributed by atoms with E-state index in [9.17, 15) is 18.0 Å². The molecule has 0 aliphatic rings. The molecule has 0 saturated carbocycles. The number of nitriles is 1. The highest BCUT2D eigenvalue weighted by Crippen LogP contribution is 2.35. The highest BCUT2D eigenvalue weighted by molar-refractivity contribution is 5.93. The quantitative estimate of drug-likeness (QED) is 0.877. The zero-order chi connectivity index (χ0) is 16.0. The van der Waals surface area contributed by atoms with Crippen LogP contribution in [-0.2, 0) is 11.0 Å². The Morgan fingerprint density at radius 1 is 1.48 bits per heavy atom. The van der Waals surface area contributed by atoms with Gasteiger partial charge in [0.1, 0.15) is 0 Å². The van der Waals surface area contributed by atoms with Crippen LogP contribution >= 0.6 is 0 Å². The lowest BCUT2D eigenvalue weighted by atomic mass is 10.0. The summed E-state index contributed by atoms with van der Waals surface area (Å²) < 4.78 is 38.8. The van der Waals surface area contributed by atoms with Crippen LogP contribution in [0.4, 0.5) is 18.9 Å². The number of amides is 1. The van der Waals surface area contributed by atoms with E-state index >= 15 is 0 Å². The van der Waals surface area contributed by atoms with Gasteiger partial charge in [0.25, 0.3) is 0 Å². The van der Waals surface area contributed by atoms with Gasteiger partial charge in [-0.3, -0.25) is 4.79 Å². The number of nitrogens with zero attached hydrogens (tertiary/aromatic N) is 1. The Labute approximate surface area is 120 Å². The lowest BCUT2D eigenvalue weighted by molar-refractivity contribution is -0.137. The van der Waals surface area contributed by atoms with Crippen LogP contribution in [0.15, 0.2) is 18.2 Å². The van der Waals surface area contributed by atoms with Gasteiger partial charge in [0.2, 0.25) is 5.91 Å². The van der Waals surface area contributed by atoms with Crippen molar-refractivity contribution in [2.75, 3.05) is 11.9 Å². The highest BCUT2D eigenvalue weighted by Gasteiger charge is 2.34. The van der Waals surface area contributed by atoms with Crippen molar-refractivity contribution in [3.05, 3.63) is 29.3 Å². The fourth-order valence-corrected chi connectivity index (χ4v) is 1.77. The van der Waals surface area contributed by atoms with Crippen LogP contribution in [-0.4, -0.2) is 12.5 Å². The molecule has 1 rings (SSSR count). The normalized spacial score (nSPS) is 12.6. The largest absolute Gasteiger partial charge is 0.418 e. The van der Waals surface area contributed by atoms with Crippen LogP contribution in [0, 0.1) is 17.2 Å². The summed E-state index contributed by atoms with van der Waals surface area (Å²) in [5.41, 5.74) is 3.85. The molecule has 0 spiro atoms. The molecular formula is C14H16F3N3O. The summed E-state index contributed by atoms with van der Waals surface area (Å²) in [5.74, 6) is -0.941. The molecule has 21 heavy (non-hydrogen) atoms. The van der Waals surface area contributed by atoms with Crippen LogP contribution in [0.3, 0.4) is 0 Å². The summed E-state index contributed by atoms with van der Waals surface area (Å²) in [6.45, 7) is 2.05. The maximum atomic E-state index is 12.9. The van der Waals surface area contributed by atoms with E-state index < -0.39 is 23.6 Å². The lowest BCUT2D eigenvalue weighted by Crippen LogP contribution is -2.23. The minimum atomic E-state index is -4.64. The maximum absolute atomic E-state index is 12.9. The second-order valence-corrected chi connectivity index (χ2v) is 4.69. The molecule has 0 aliphatic heterocycles. The molecule has 1 amide bonds. The van der Waals surface area contributed by atoms with Crippen LogP contribution in [0.25, 0.3) is 0 Å². The fourth-order valence-electron chi connectivity index (χ4n) is 1.77. The van der Waals surface area contributed by atoms with Gasteiger partial charge in [-0.1, -0.05) is 6.92 Å². The standard InChI is InChI=1S/C14H16F3N3O/c1-9(3-2-6-18)13(21)20-12-5-4-10(8-19)7-11(12)14(15,16)17/h4-5,7,9H,2-3,6,18H2,1H3,(H,20,21). The molecule has 1 atom stereocenters. The van der Waals surface area contributed by atoms with Crippen LogP contribution in [0.2, 0.25) is 0 Å². The van der Waals surface area contributed by atoms with Gasteiger partial charge in [-0.2, -0.15) is 18.4 Å². The minimum absolute atomic E-state index is 0.114. The second-order valence-electron chi connectivity index (χ2n) is 4.69. The number of rotatable bonds is 5. The number of nitrogens with two attached hydrogens (primary N) is 1. The summed E-state index contributed by atoms with van der Waals surface area (Å²) in [6, 6.07) is 4.69. The number of anilines is 1. The highest BCUT2D eigenvalue weighted by atomic mass is 19.4. The van der Waals surface area contributed by atoms with Crippen LogP contribution in [0.5, 0.6) is 0 Å². The first-order valence-corrected chi connectivity index (χ1v) is 6.42. The first kappa shape index (κ1) is 17.0. The van der Waals surface area contributed by atoms with Gasteiger partial charge in [-0.25, -0.2) is 0 Å². The molecule has 0 saturated heterocycles. The molecule has 1 unspecified atom stereocenters. The molecule has 0 aliphatic carbocycles. The summed E-state index contributed by atoms with van der Waals surface area (Å²) in [4.78, 5) is 11.9. The van der Waals surface area contributed by atoms with E-state index in [1.165, 1.54) is 6.07 Å². The Hall–Kier alpha value is -2.07. The number of halogens is 3. The van der Waals surface area contributed by atoms with Gasteiger partial charge in [0.05, 0.1) is 22.9 Å². The van der Waals surface area contributed by atoms with Crippen molar-refractivity contribution < 1.29 is 18.0 Å². The zero-order valence-electron chi connectivity index (χ0n) is 11.5. The van der Waals surface area contributed by atoms with Crippen molar-refractivity contribution in [2.45, 2.75) is 25.9 Å². The number of carbonyl (C=O) groups excluding carboxylic acids is 1. The third-order valence-electron chi connectivity index (χ3n) is 3.00. The molecule has 114 valence electrons. The van der Waals surface area contributed by atoms with Crippen molar-refractivity contribution >= 4 is 11.6 Å². The summed E-state index contributed by atoms with van der Waals surface area (Å²) in [6.07, 6.45) is -3.52. The summed E-state index contributed by atoms with van der Waals surface area (Å²) in [7, 11) is 0. The molecule has 7 heteroatoms. The molecule has 1 aromatic rings. The first-order chi connectivity index (χ1) is 9.79. The Kier molecular flexibility index (Phi) is 5.73. The second kappa shape index (κ2) is 7.09.